The molecule has 0 aliphatic carbocycles. The molecule has 0 atom stereocenters. The summed E-state index contributed by atoms with van der Waals surface area (Å²) in [4.78, 5) is 33.6. The fourth-order valence-electron chi connectivity index (χ4n) is 2.05. The predicted molar refractivity (Wildman–Crippen MR) is 84.6 cm³/mol. The van der Waals surface area contributed by atoms with Crippen molar-refractivity contribution in [3.05, 3.63) is 81.5 Å². The Labute approximate surface area is 137 Å². The summed E-state index contributed by atoms with van der Waals surface area (Å²) in [5, 5.41) is 24.3. The van der Waals surface area contributed by atoms with Crippen molar-refractivity contribution in [2.45, 2.75) is 6.92 Å². The molecule has 122 valence electrons. The lowest BCUT2D eigenvalue weighted by Crippen LogP contribution is -2.36. The molecule has 24 heavy (non-hydrogen) atoms. The number of rotatable bonds is 5. The second-order valence-electron chi connectivity index (χ2n) is 4.91. The summed E-state index contributed by atoms with van der Waals surface area (Å²) in [7, 11) is 0. The summed E-state index contributed by atoms with van der Waals surface area (Å²) in [6.07, 6.45) is 0. The van der Waals surface area contributed by atoms with E-state index in [1.807, 2.05) is 0 Å². The zero-order valence-corrected chi connectivity index (χ0v) is 12.7. The Morgan fingerprint density at radius 1 is 0.958 bits per heavy atom. The number of nitro groups is 1. The van der Waals surface area contributed by atoms with E-state index >= 15 is 0 Å². The van der Waals surface area contributed by atoms with Gasteiger partial charge in [0, 0.05) is 17.7 Å². The largest absolute Gasteiger partial charge is 0.543 e. The fourth-order valence-corrected chi connectivity index (χ4v) is 2.05. The van der Waals surface area contributed by atoms with Gasteiger partial charge in [0.2, 0.25) is 0 Å². The lowest BCUT2D eigenvalue weighted by Gasteiger charge is -2.15. The first-order chi connectivity index (χ1) is 11.4. The number of carbonyl (C=O) groups is 2. The van der Waals surface area contributed by atoms with Crippen molar-refractivity contribution in [3.63, 3.8) is 0 Å². The highest BCUT2D eigenvalue weighted by Crippen LogP contribution is 2.20. The molecule has 0 aromatic heterocycles. The number of carbonyl (C=O) groups excluding carboxylic acids is 2. The van der Waals surface area contributed by atoms with Crippen LogP contribution in [0.2, 0.25) is 0 Å². The molecule has 0 fully saturated rings. The van der Waals surface area contributed by atoms with Crippen molar-refractivity contribution in [2.75, 3.05) is 0 Å². The molecule has 7 nitrogen and oxygen atoms in total. The Bertz CT molecular complexity index is 811. The number of amides is 1. The normalized spacial score (nSPS) is 11.4. The van der Waals surface area contributed by atoms with Gasteiger partial charge in [-0.25, -0.2) is 0 Å². The van der Waals surface area contributed by atoms with E-state index in [9.17, 15) is 24.8 Å². The van der Waals surface area contributed by atoms with Crippen molar-refractivity contribution in [1.82, 2.24) is 5.32 Å². The van der Waals surface area contributed by atoms with Gasteiger partial charge in [0.1, 0.15) is 0 Å². The molecule has 0 spiro atoms. The van der Waals surface area contributed by atoms with Crippen LogP contribution < -0.4 is 10.4 Å². The summed E-state index contributed by atoms with van der Waals surface area (Å²) in [6.45, 7) is 1.48. The molecule has 0 aliphatic heterocycles. The summed E-state index contributed by atoms with van der Waals surface area (Å²) in [6, 6.07) is 13.5. The molecule has 0 heterocycles. The number of carboxylic acid groups (broad SMARTS) is 1. The number of benzene rings is 2. The summed E-state index contributed by atoms with van der Waals surface area (Å²) < 4.78 is 0. The minimum Gasteiger partial charge on any atom is -0.543 e. The van der Waals surface area contributed by atoms with Crippen LogP contribution in [0.25, 0.3) is 5.57 Å². The van der Waals surface area contributed by atoms with Crippen LogP contribution >= 0.6 is 0 Å². The van der Waals surface area contributed by atoms with Gasteiger partial charge in [0.05, 0.1) is 16.6 Å². The quantitative estimate of drug-likeness (QED) is 0.508. The zero-order chi connectivity index (χ0) is 17.7. The molecule has 7 heteroatoms. The van der Waals surface area contributed by atoms with Crippen LogP contribution in [0.4, 0.5) is 5.69 Å². The monoisotopic (exact) mass is 325 g/mol. The maximum Gasteiger partial charge on any atom is 0.269 e. The van der Waals surface area contributed by atoms with Gasteiger partial charge in [0.15, 0.2) is 0 Å². The summed E-state index contributed by atoms with van der Waals surface area (Å²) in [5.41, 5.74) is 0.447. The standard InChI is InChI=1S/C17H14N2O5/c1-11(12-7-9-14(10-8-12)19(23)24)15(17(21)22)18-16(20)13-5-3-2-4-6-13/h2-10H,1H3,(H,18,20)(H,21,22)/p-1/b15-11+. The molecule has 2 aromatic rings. The van der Waals surface area contributed by atoms with Crippen molar-refractivity contribution in [1.29, 1.82) is 0 Å². The highest BCUT2D eigenvalue weighted by molar-refractivity contribution is 6.03. The van der Waals surface area contributed by atoms with Gasteiger partial charge >= 0.3 is 0 Å². The average Bonchev–Trinajstić information content (AvgIpc) is 2.59. The molecule has 0 unspecified atom stereocenters. The third-order valence-electron chi connectivity index (χ3n) is 3.36. The van der Waals surface area contributed by atoms with Gasteiger partial charge in [-0.2, -0.15) is 0 Å². The van der Waals surface area contributed by atoms with E-state index in [0.29, 0.717) is 11.1 Å². The number of nitrogens with zero attached hydrogens (tertiary/aromatic N) is 1. The van der Waals surface area contributed by atoms with E-state index in [2.05, 4.69) is 5.32 Å². The number of nitro benzene ring substituents is 1. The van der Waals surface area contributed by atoms with Gasteiger partial charge in [-0.05, 0) is 42.3 Å². The SMILES string of the molecule is C/C(=C(\NC(=O)c1ccccc1)C(=O)[O-])c1ccc([N+](=O)[O-])cc1. The smallest absolute Gasteiger partial charge is 0.269 e. The lowest BCUT2D eigenvalue weighted by atomic mass is 10.0. The number of hydrogen-bond acceptors (Lipinski definition) is 5. The number of non-ortho nitro benzene ring substituents is 1. The molecule has 2 rings (SSSR count). The molecular weight excluding hydrogens is 312 g/mol. The number of aliphatic carboxylic acids is 1. The Morgan fingerprint density at radius 2 is 1.54 bits per heavy atom. The van der Waals surface area contributed by atoms with E-state index in [-0.39, 0.29) is 11.3 Å². The zero-order valence-electron chi connectivity index (χ0n) is 12.7. The van der Waals surface area contributed by atoms with Crippen LogP contribution in [0.15, 0.2) is 60.3 Å². The van der Waals surface area contributed by atoms with Crippen LogP contribution in [0.5, 0.6) is 0 Å². The molecule has 0 saturated heterocycles. The number of hydrogen-bond donors (Lipinski definition) is 1. The van der Waals surface area contributed by atoms with Gasteiger partial charge in [-0.3, -0.25) is 14.9 Å². The van der Waals surface area contributed by atoms with E-state index in [4.69, 9.17) is 0 Å². The first kappa shape index (κ1) is 16.9. The topological polar surface area (TPSA) is 112 Å². The number of carboxylic acids is 1. The highest BCUT2D eigenvalue weighted by Gasteiger charge is 2.13. The van der Waals surface area contributed by atoms with Gasteiger partial charge < -0.3 is 15.2 Å². The molecule has 0 bridgehead atoms. The second-order valence-corrected chi connectivity index (χ2v) is 4.91. The lowest BCUT2D eigenvalue weighted by molar-refractivity contribution is -0.384. The Hall–Kier alpha value is -3.48. The van der Waals surface area contributed by atoms with E-state index in [0.717, 1.165) is 0 Å². The van der Waals surface area contributed by atoms with Crippen molar-refractivity contribution in [3.8, 4) is 0 Å². The third-order valence-corrected chi connectivity index (χ3v) is 3.36. The highest BCUT2D eigenvalue weighted by atomic mass is 16.6. The Morgan fingerprint density at radius 3 is 2.04 bits per heavy atom. The van der Waals surface area contributed by atoms with E-state index in [1.165, 1.54) is 31.2 Å². The maximum absolute atomic E-state index is 12.1. The second kappa shape index (κ2) is 7.19. The van der Waals surface area contributed by atoms with Crippen molar-refractivity contribution >= 4 is 23.1 Å². The van der Waals surface area contributed by atoms with Crippen molar-refractivity contribution < 1.29 is 19.6 Å². The van der Waals surface area contributed by atoms with Crippen LogP contribution in [0.1, 0.15) is 22.8 Å². The minimum atomic E-state index is -1.55. The molecule has 0 saturated carbocycles. The van der Waals surface area contributed by atoms with Crippen LogP contribution in [-0.2, 0) is 4.79 Å². The van der Waals surface area contributed by atoms with Crippen LogP contribution in [-0.4, -0.2) is 16.8 Å². The summed E-state index contributed by atoms with van der Waals surface area (Å²) >= 11 is 0. The number of allylic oxidation sites excluding steroid dienone is 1. The van der Waals surface area contributed by atoms with Gasteiger partial charge in [-0.15, -0.1) is 0 Å². The van der Waals surface area contributed by atoms with E-state index in [1.54, 1.807) is 30.3 Å². The van der Waals surface area contributed by atoms with Crippen LogP contribution in [0.3, 0.4) is 0 Å². The molecule has 0 aliphatic rings. The Kier molecular flexibility index (Phi) is 5.06. The first-order valence-corrected chi connectivity index (χ1v) is 6.93. The molecular formula is C17H13N2O5-. The first-order valence-electron chi connectivity index (χ1n) is 6.93. The molecule has 2 aromatic carbocycles. The minimum absolute atomic E-state index is 0.116. The van der Waals surface area contributed by atoms with Gasteiger partial charge in [0.25, 0.3) is 11.6 Å². The molecule has 1 N–H and O–H groups in total. The predicted octanol–water partition coefficient (Wildman–Crippen LogP) is 1.51. The summed E-state index contributed by atoms with van der Waals surface area (Å²) in [5.74, 6) is -2.13. The fraction of sp³-hybridized carbons (Fsp3) is 0.0588. The van der Waals surface area contributed by atoms with Gasteiger partial charge in [-0.1, -0.05) is 18.2 Å². The third kappa shape index (κ3) is 3.83. The van der Waals surface area contributed by atoms with Crippen LogP contribution in [0, 0.1) is 10.1 Å². The molecule has 1 amide bonds. The Balaban J connectivity index is 2.34. The molecule has 0 radical (unpaired) electrons. The maximum atomic E-state index is 12.1. The van der Waals surface area contributed by atoms with Crippen molar-refractivity contribution in [2.24, 2.45) is 0 Å². The average molecular weight is 325 g/mol. The van der Waals surface area contributed by atoms with E-state index < -0.39 is 22.5 Å². The number of nitrogens with one attached hydrogen (secondary N) is 1.